The zero-order valence-corrected chi connectivity index (χ0v) is 22.4. The molecule has 1 aliphatic rings. The number of halogens is 2. The van der Waals surface area contributed by atoms with Crippen molar-refractivity contribution in [2.75, 3.05) is 32.1 Å². The highest BCUT2D eigenvalue weighted by molar-refractivity contribution is 5.91. The molecule has 0 saturated carbocycles. The minimum Gasteiger partial charge on any atom is -0.467 e. The summed E-state index contributed by atoms with van der Waals surface area (Å²) >= 11 is 0. The van der Waals surface area contributed by atoms with Gasteiger partial charge in [0.1, 0.15) is 17.6 Å². The van der Waals surface area contributed by atoms with Crippen LogP contribution in [0.25, 0.3) is 16.9 Å². The Kier molecular flexibility index (Phi) is 8.47. The number of aliphatic hydroxyl groups excluding tert-OH is 1. The number of methoxy groups -OCH3 is 1. The highest BCUT2D eigenvalue weighted by Gasteiger charge is 2.37. The van der Waals surface area contributed by atoms with Gasteiger partial charge in [-0.15, -0.1) is 0 Å². The molecular formula is C28H29F2N7O4. The van der Waals surface area contributed by atoms with Crippen molar-refractivity contribution in [3.8, 4) is 23.0 Å². The van der Waals surface area contributed by atoms with Gasteiger partial charge in [0.2, 0.25) is 0 Å². The third-order valence-electron chi connectivity index (χ3n) is 6.62. The number of aromatic nitrogens is 4. The van der Waals surface area contributed by atoms with Crippen LogP contribution in [0.3, 0.4) is 0 Å². The Labute approximate surface area is 234 Å². The van der Waals surface area contributed by atoms with Crippen molar-refractivity contribution >= 4 is 11.8 Å². The van der Waals surface area contributed by atoms with Crippen molar-refractivity contribution in [1.29, 1.82) is 0 Å². The van der Waals surface area contributed by atoms with E-state index in [-0.39, 0.29) is 19.2 Å². The molecule has 0 unspecified atom stereocenters. The van der Waals surface area contributed by atoms with Crippen LogP contribution >= 0.6 is 0 Å². The standard InChI is InChI=1S/C28H29F2N7O4/c1-17-24(19-14-31-28(40-2)32-15-19)35-37(20-7-4-3-5-8-20)26(17)34-27(39)33-23-16-36(11-6-12-38)41-25(23)18-9-10-21(29)22(30)13-18/h3-5,7-10,13-15,23,25,38H,6,11-12,16H2,1-2H3,(H2,33,34,39)/t23-,25+/m1/s1. The number of nitrogens with one attached hydrogen (secondary N) is 2. The lowest BCUT2D eigenvalue weighted by Gasteiger charge is -2.20. The molecule has 11 nitrogen and oxygen atoms in total. The second kappa shape index (κ2) is 12.4. The van der Waals surface area contributed by atoms with Gasteiger partial charge in [0.15, 0.2) is 11.6 Å². The molecule has 3 heterocycles. The van der Waals surface area contributed by atoms with Crippen molar-refractivity contribution < 1.29 is 28.3 Å². The van der Waals surface area contributed by atoms with Crippen molar-refractivity contribution in [2.45, 2.75) is 25.5 Å². The number of hydroxylamine groups is 2. The molecule has 1 fully saturated rings. The zero-order chi connectivity index (χ0) is 28.9. The summed E-state index contributed by atoms with van der Waals surface area (Å²) in [7, 11) is 1.48. The second-order valence-corrected chi connectivity index (χ2v) is 9.40. The fourth-order valence-corrected chi connectivity index (χ4v) is 4.62. The van der Waals surface area contributed by atoms with Gasteiger partial charge >= 0.3 is 12.0 Å². The molecule has 13 heteroatoms. The van der Waals surface area contributed by atoms with Crippen LogP contribution in [0, 0.1) is 18.6 Å². The molecule has 0 spiro atoms. The first-order valence-corrected chi connectivity index (χ1v) is 12.9. The molecule has 1 saturated heterocycles. The van der Waals surface area contributed by atoms with Gasteiger partial charge in [-0.2, -0.15) is 10.2 Å². The molecular weight excluding hydrogens is 536 g/mol. The number of aliphatic hydroxyl groups is 1. The zero-order valence-electron chi connectivity index (χ0n) is 22.4. The minimum absolute atomic E-state index is 0.0431. The third-order valence-corrected chi connectivity index (χ3v) is 6.62. The van der Waals surface area contributed by atoms with E-state index in [1.165, 1.54) is 13.2 Å². The Bertz CT molecular complexity index is 1500. The van der Waals surface area contributed by atoms with E-state index in [1.807, 2.05) is 37.3 Å². The molecule has 1 aliphatic heterocycles. The lowest BCUT2D eigenvalue weighted by molar-refractivity contribution is -0.149. The Morgan fingerprint density at radius 2 is 1.90 bits per heavy atom. The summed E-state index contributed by atoms with van der Waals surface area (Å²) in [5, 5.41) is 21.4. The van der Waals surface area contributed by atoms with Crippen LogP contribution < -0.4 is 15.4 Å². The smallest absolute Gasteiger partial charge is 0.320 e. The van der Waals surface area contributed by atoms with Gasteiger partial charge in [-0.1, -0.05) is 24.3 Å². The number of anilines is 1. The molecule has 41 heavy (non-hydrogen) atoms. The number of rotatable bonds is 9. The molecule has 2 amide bonds. The number of nitrogens with zero attached hydrogens (tertiary/aromatic N) is 5. The first kappa shape index (κ1) is 28.1. The number of amides is 2. The summed E-state index contributed by atoms with van der Waals surface area (Å²) in [6, 6.07) is 11.9. The molecule has 0 aliphatic carbocycles. The van der Waals surface area contributed by atoms with Crippen LogP contribution in [0.1, 0.15) is 23.7 Å². The van der Waals surface area contributed by atoms with E-state index in [1.54, 1.807) is 22.1 Å². The summed E-state index contributed by atoms with van der Waals surface area (Å²) in [6.07, 6.45) is 2.84. The number of benzene rings is 2. The number of ether oxygens (including phenoxy) is 1. The predicted molar refractivity (Wildman–Crippen MR) is 145 cm³/mol. The molecule has 0 radical (unpaired) electrons. The maximum Gasteiger partial charge on any atom is 0.320 e. The van der Waals surface area contributed by atoms with E-state index in [2.05, 4.69) is 20.6 Å². The summed E-state index contributed by atoms with van der Waals surface area (Å²) in [5.41, 5.74) is 2.94. The fourth-order valence-electron chi connectivity index (χ4n) is 4.62. The lowest BCUT2D eigenvalue weighted by Crippen LogP contribution is -2.42. The molecule has 2 atom stereocenters. The first-order valence-electron chi connectivity index (χ1n) is 12.9. The van der Waals surface area contributed by atoms with E-state index >= 15 is 0 Å². The minimum atomic E-state index is -1.01. The van der Waals surface area contributed by atoms with Gasteiger partial charge in [0.05, 0.1) is 18.8 Å². The summed E-state index contributed by atoms with van der Waals surface area (Å²) in [6.45, 7) is 2.44. The molecule has 0 bridgehead atoms. The van der Waals surface area contributed by atoms with Gasteiger partial charge in [0.25, 0.3) is 0 Å². The van der Waals surface area contributed by atoms with E-state index in [0.717, 1.165) is 12.1 Å². The van der Waals surface area contributed by atoms with Gasteiger partial charge < -0.3 is 15.2 Å². The highest BCUT2D eigenvalue weighted by atomic mass is 19.2. The normalized spacial score (nSPS) is 17.0. The van der Waals surface area contributed by atoms with Crippen molar-refractivity contribution in [3.63, 3.8) is 0 Å². The van der Waals surface area contributed by atoms with Crippen LogP contribution in [-0.4, -0.2) is 68.8 Å². The SMILES string of the molecule is COc1ncc(-c2nn(-c3ccccc3)c(NC(=O)N[C@@H]3CN(CCCO)O[C@H]3c3ccc(F)c(F)c3)c2C)cn1. The molecule has 4 aromatic rings. The topological polar surface area (TPSA) is 127 Å². The van der Waals surface area contributed by atoms with E-state index in [9.17, 15) is 18.7 Å². The Morgan fingerprint density at radius 1 is 1.15 bits per heavy atom. The molecule has 2 aromatic carbocycles. The number of para-hydroxylation sites is 1. The van der Waals surface area contributed by atoms with Gasteiger partial charge in [-0.3, -0.25) is 10.2 Å². The third kappa shape index (κ3) is 6.16. The van der Waals surface area contributed by atoms with Gasteiger partial charge in [-0.05, 0) is 43.2 Å². The molecule has 2 aromatic heterocycles. The molecule has 3 N–H and O–H groups in total. The van der Waals surface area contributed by atoms with Crippen molar-refractivity contribution in [2.24, 2.45) is 0 Å². The van der Waals surface area contributed by atoms with Crippen LogP contribution in [0.4, 0.5) is 19.4 Å². The Hall–Kier alpha value is -4.46. The van der Waals surface area contributed by atoms with Crippen LogP contribution in [0.2, 0.25) is 0 Å². The van der Waals surface area contributed by atoms with Crippen LogP contribution in [0.15, 0.2) is 60.9 Å². The maximum absolute atomic E-state index is 14.0. The fraction of sp³-hybridized carbons (Fsp3) is 0.286. The number of urea groups is 1. The van der Waals surface area contributed by atoms with E-state index in [4.69, 9.17) is 14.7 Å². The first-order chi connectivity index (χ1) is 19.9. The van der Waals surface area contributed by atoms with Crippen LogP contribution in [-0.2, 0) is 4.84 Å². The summed E-state index contributed by atoms with van der Waals surface area (Å²) in [4.78, 5) is 27.7. The Balaban J connectivity index is 1.42. The van der Waals surface area contributed by atoms with Gasteiger partial charge in [-0.25, -0.2) is 28.2 Å². The number of carbonyl (C=O) groups is 1. The highest BCUT2D eigenvalue weighted by Crippen LogP contribution is 2.32. The van der Waals surface area contributed by atoms with Crippen molar-refractivity contribution in [3.05, 3.63) is 83.7 Å². The lowest BCUT2D eigenvalue weighted by atomic mass is 10.0. The predicted octanol–water partition coefficient (Wildman–Crippen LogP) is 3.79. The second-order valence-electron chi connectivity index (χ2n) is 9.40. The maximum atomic E-state index is 14.0. The summed E-state index contributed by atoms with van der Waals surface area (Å²) < 4.78 is 34.3. The monoisotopic (exact) mass is 565 g/mol. The van der Waals surface area contributed by atoms with Crippen molar-refractivity contribution in [1.82, 2.24) is 30.1 Å². The molecule has 214 valence electrons. The summed E-state index contributed by atoms with van der Waals surface area (Å²) in [5.74, 6) is -1.57. The average Bonchev–Trinajstić information content (AvgIpc) is 3.54. The van der Waals surface area contributed by atoms with Crippen LogP contribution in [0.5, 0.6) is 6.01 Å². The number of hydrogen-bond donors (Lipinski definition) is 3. The van der Waals surface area contributed by atoms with E-state index in [0.29, 0.717) is 46.9 Å². The van der Waals surface area contributed by atoms with Gasteiger partial charge in [0, 0.05) is 43.2 Å². The largest absolute Gasteiger partial charge is 0.467 e. The average molecular weight is 566 g/mol. The number of hydrogen-bond acceptors (Lipinski definition) is 8. The quantitative estimate of drug-likeness (QED) is 0.280. The Morgan fingerprint density at radius 3 is 2.59 bits per heavy atom. The van der Waals surface area contributed by atoms with E-state index < -0.39 is 29.8 Å². The number of carbonyl (C=O) groups excluding carboxylic acids is 1. The molecule has 5 rings (SSSR count).